The van der Waals surface area contributed by atoms with Crippen molar-refractivity contribution < 1.29 is 9.47 Å². The average molecular weight is 365 g/mol. The van der Waals surface area contributed by atoms with Crippen LogP contribution in [0.15, 0.2) is 42.6 Å². The van der Waals surface area contributed by atoms with E-state index in [0.29, 0.717) is 0 Å². The Kier molecular flexibility index (Phi) is 5.14. The van der Waals surface area contributed by atoms with E-state index < -0.39 is 0 Å². The molecule has 0 bridgehead atoms. The van der Waals surface area contributed by atoms with Crippen molar-refractivity contribution in [2.45, 2.75) is 33.0 Å². The maximum absolute atomic E-state index is 6.10. The highest BCUT2D eigenvalue weighted by atomic mass is 16.5. The second-order valence-electron chi connectivity index (χ2n) is 7.14. The lowest BCUT2D eigenvalue weighted by Crippen LogP contribution is -2.37. The summed E-state index contributed by atoms with van der Waals surface area (Å²) in [5.74, 6) is 0.887. The molecule has 27 heavy (non-hydrogen) atoms. The number of aromatic nitrogens is 2. The van der Waals surface area contributed by atoms with Crippen LogP contribution in [0.1, 0.15) is 29.8 Å². The number of hydrogen-bond donors (Lipinski definition) is 0. The van der Waals surface area contributed by atoms with Gasteiger partial charge in [0.25, 0.3) is 0 Å². The van der Waals surface area contributed by atoms with Gasteiger partial charge in [0.1, 0.15) is 5.75 Å². The monoisotopic (exact) mass is 365 g/mol. The van der Waals surface area contributed by atoms with Crippen molar-refractivity contribution in [3.8, 4) is 5.75 Å². The average Bonchev–Trinajstić information content (AvgIpc) is 3.06. The van der Waals surface area contributed by atoms with Gasteiger partial charge in [0, 0.05) is 37.4 Å². The van der Waals surface area contributed by atoms with E-state index in [2.05, 4.69) is 58.9 Å². The third-order valence-corrected chi connectivity index (χ3v) is 5.49. The van der Waals surface area contributed by atoms with Crippen molar-refractivity contribution in [1.82, 2.24) is 14.7 Å². The van der Waals surface area contributed by atoms with E-state index in [4.69, 9.17) is 9.47 Å². The van der Waals surface area contributed by atoms with Gasteiger partial charge in [-0.1, -0.05) is 18.2 Å². The van der Waals surface area contributed by atoms with E-state index in [9.17, 15) is 0 Å². The highest BCUT2D eigenvalue weighted by molar-refractivity contribution is 5.84. The molecule has 1 unspecified atom stereocenters. The van der Waals surface area contributed by atoms with Crippen LogP contribution in [-0.2, 0) is 17.8 Å². The predicted molar refractivity (Wildman–Crippen MR) is 107 cm³/mol. The third kappa shape index (κ3) is 3.70. The molecule has 0 N–H and O–H groups in total. The zero-order valence-corrected chi connectivity index (χ0v) is 16.3. The molecule has 0 radical (unpaired) electrons. The van der Waals surface area contributed by atoms with E-state index in [-0.39, 0.29) is 6.10 Å². The highest BCUT2D eigenvalue weighted by Gasteiger charge is 2.23. The predicted octanol–water partition coefficient (Wildman–Crippen LogP) is 3.95. The molecule has 5 nitrogen and oxygen atoms in total. The molecule has 0 saturated carbocycles. The Balaban J connectivity index is 1.50. The molecule has 1 saturated heterocycles. The van der Waals surface area contributed by atoms with Crippen LogP contribution < -0.4 is 4.74 Å². The van der Waals surface area contributed by atoms with Gasteiger partial charge < -0.3 is 9.47 Å². The smallest absolute Gasteiger partial charge is 0.119 e. The van der Waals surface area contributed by atoms with Gasteiger partial charge in [-0.05, 0) is 48.4 Å². The number of morpholine rings is 1. The number of benzene rings is 2. The first-order valence-electron chi connectivity index (χ1n) is 9.61. The molecule has 0 aliphatic carbocycles. The number of rotatable bonds is 5. The Morgan fingerprint density at radius 2 is 2.00 bits per heavy atom. The van der Waals surface area contributed by atoms with Crippen molar-refractivity contribution in [3.63, 3.8) is 0 Å². The Hall–Kier alpha value is -2.37. The second kappa shape index (κ2) is 7.71. The van der Waals surface area contributed by atoms with Crippen molar-refractivity contribution in [2.75, 3.05) is 26.8 Å². The number of ether oxygens (including phenoxy) is 2. The van der Waals surface area contributed by atoms with Crippen LogP contribution in [0.2, 0.25) is 0 Å². The lowest BCUT2D eigenvalue weighted by molar-refractivity contribution is -0.0329. The van der Waals surface area contributed by atoms with Crippen molar-refractivity contribution in [2.24, 2.45) is 0 Å². The van der Waals surface area contributed by atoms with E-state index in [1.54, 1.807) is 7.11 Å². The van der Waals surface area contributed by atoms with Gasteiger partial charge in [-0.3, -0.25) is 9.58 Å². The third-order valence-electron chi connectivity index (χ3n) is 5.49. The second-order valence-corrected chi connectivity index (χ2v) is 7.14. The summed E-state index contributed by atoms with van der Waals surface area (Å²) in [6, 6.07) is 12.8. The fourth-order valence-electron chi connectivity index (χ4n) is 3.82. The number of hydrogen-bond acceptors (Lipinski definition) is 4. The molecule has 1 fully saturated rings. The molecule has 1 aromatic heterocycles. The molecule has 0 spiro atoms. The molecular formula is C22H27N3O2. The van der Waals surface area contributed by atoms with E-state index >= 15 is 0 Å². The van der Waals surface area contributed by atoms with Crippen molar-refractivity contribution in [3.05, 3.63) is 59.4 Å². The van der Waals surface area contributed by atoms with Gasteiger partial charge in [-0.15, -0.1) is 0 Å². The Morgan fingerprint density at radius 3 is 2.78 bits per heavy atom. The molecule has 1 atom stereocenters. The van der Waals surface area contributed by atoms with Gasteiger partial charge >= 0.3 is 0 Å². The summed E-state index contributed by atoms with van der Waals surface area (Å²) < 4.78 is 13.5. The molecule has 2 aromatic carbocycles. The Labute approximate surface area is 160 Å². The van der Waals surface area contributed by atoms with Gasteiger partial charge in [0.05, 0.1) is 26.0 Å². The van der Waals surface area contributed by atoms with Gasteiger partial charge in [-0.25, -0.2) is 0 Å². The fourth-order valence-corrected chi connectivity index (χ4v) is 3.82. The van der Waals surface area contributed by atoms with Crippen LogP contribution in [0.5, 0.6) is 5.75 Å². The van der Waals surface area contributed by atoms with Crippen LogP contribution >= 0.6 is 0 Å². The van der Waals surface area contributed by atoms with Crippen molar-refractivity contribution >= 4 is 10.8 Å². The SMILES string of the molecule is CCn1ncc(CN2CCOC(c3ccc4cc(OC)ccc4c3)C2)c1C. The summed E-state index contributed by atoms with van der Waals surface area (Å²) in [5, 5.41) is 6.88. The first kappa shape index (κ1) is 18.0. The summed E-state index contributed by atoms with van der Waals surface area (Å²) in [7, 11) is 1.70. The van der Waals surface area contributed by atoms with Crippen LogP contribution in [-0.4, -0.2) is 41.5 Å². The van der Waals surface area contributed by atoms with Crippen LogP contribution in [0.4, 0.5) is 0 Å². The standard InChI is InChI=1S/C22H27N3O2/c1-4-25-16(2)20(13-23-25)14-24-9-10-27-22(15-24)19-6-5-18-12-21(26-3)8-7-17(18)11-19/h5-8,11-13,22H,4,9-10,14-15H2,1-3H3. The molecule has 3 aromatic rings. The molecule has 4 rings (SSSR count). The first-order chi connectivity index (χ1) is 13.2. The number of aryl methyl sites for hydroxylation is 1. The largest absolute Gasteiger partial charge is 0.497 e. The number of nitrogens with zero attached hydrogens (tertiary/aromatic N) is 3. The molecule has 1 aliphatic heterocycles. The van der Waals surface area contributed by atoms with Crippen LogP contribution in [0, 0.1) is 6.92 Å². The lowest BCUT2D eigenvalue weighted by Gasteiger charge is -2.33. The maximum atomic E-state index is 6.10. The van der Waals surface area contributed by atoms with E-state index in [1.807, 2.05) is 12.3 Å². The number of methoxy groups -OCH3 is 1. The number of fused-ring (bicyclic) bond motifs is 1. The molecule has 1 aliphatic rings. The summed E-state index contributed by atoms with van der Waals surface area (Å²) in [4.78, 5) is 2.47. The summed E-state index contributed by atoms with van der Waals surface area (Å²) in [5.41, 5.74) is 3.81. The van der Waals surface area contributed by atoms with E-state index in [1.165, 1.54) is 27.6 Å². The minimum Gasteiger partial charge on any atom is -0.497 e. The first-order valence-corrected chi connectivity index (χ1v) is 9.61. The maximum Gasteiger partial charge on any atom is 0.119 e. The minimum absolute atomic E-state index is 0.103. The molecule has 5 heteroatoms. The Morgan fingerprint density at radius 1 is 1.19 bits per heavy atom. The highest BCUT2D eigenvalue weighted by Crippen LogP contribution is 2.28. The summed E-state index contributed by atoms with van der Waals surface area (Å²) >= 11 is 0. The quantitative estimate of drug-likeness (QED) is 0.686. The topological polar surface area (TPSA) is 39.5 Å². The zero-order valence-electron chi connectivity index (χ0n) is 16.3. The van der Waals surface area contributed by atoms with Crippen LogP contribution in [0.3, 0.4) is 0 Å². The molecule has 0 amide bonds. The van der Waals surface area contributed by atoms with Gasteiger partial charge in [0.15, 0.2) is 0 Å². The Bertz CT molecular complexity index is 934. The molecular weight excluding hydrogens is 338 g/mol. The van der Waals surface area contributed by atoms with Crippen molar-refractivity contribution in [1.29, 1.82) is 0 Å². The molecule has 142 valence electrons. The molecule has 2 heterocycles. The minimum atomic E-state index is 0.103. The fraction of sp³-hybridized carbons (Fsp3) is 0.409. The summed E-state index contributed by atoms with van der Waals surface area (Å²) in [6.07, 6.45) is 2.11. The van der Waals surface area contributed by atoms with E-state index in [0.717, 1.165) is 38.5 Å². The van der Waals surface area contributed by atoms with Crippen LogP contribution in [0.25, 0.3) is 10.8 Å². The van der Waals surface area contributed by atoms with Gasteiger partial charge in [0.2, 0.25) is 0 Å². The zero-order chi connectivity index (χ0) is 18.8. The summed E-state index contributed by atoms with van der Waals surface area (Å²) in [6.45, 7) is 8.74. The lowest BCUT2D eigenvalue weighted by atomic mass is 10.0. The normalized spacial score (nSPS) is 18.1. The van der Waals surface area contributed by atoms with Gasteiger partial charge in [-0.2, -0.15) is 5.10 Å².